The van der Waals surface area contributed by atoms with E-state index in [9.17, 15) is 14.9 Å². The predicted molar refractivity (Wildman–Crippen MR) is 80.8 cm³/mol. The highest BCUT2D eigenvalue weighted by molar-refractivity contribution is 6.30. The molecule has 0 unspecified atom stereocenters. The maximum Gasteiger partial charge on any atom is 0.343 e. The molecule has 114 valence electrons. The molecule has 1 aromatic carbocycles. The third-order valence-corrected chi connectivity index (χ3v) is 3.01. The first-order valence-electron chi connectivity index (χ1n) is 6.21. The number of halogens is 1. The Morgan fingerprint density at radius 1 is 1.59 bits per heavy atom. The molecule has 0 atom stereocenters. The number of nitrogens with one attached hydrogen (secondary N) is 1. The van der Waals surface area contributed by atoms with Crippen molar-refractivity contribution in [3.8, 4) is 0 Å². The zero-order valence-electron chi connectivity index (χ0n) is 11.6. The van der Waals surface area contributed by atoms with Gasteiger partial charge in [-0.15, -0.1) is 0 Å². The second-order valence-corrected chi connectivity index (χ2v) is 4.79. The summed E-state index contributed by atoms with van der Waals surface area (Å²) in [5.74, 6) is -0.366. The number of benzene rings is 1. The molecule has 0 aliphatic carbocycles. The summed E-state index contributed by atoms with van der Waals surface area (Å²) >= 11 is 5.82. The largest absolute Gasteiger partial charge is 0.358 e. The first-order valence-corrected chi connectivity index (χ1v) is 6.59. The molecule has 1 N–H and O–H groups in total. The van der Waals surface area contributed by atoms with Crippen LogP contribution in [0.3, 0.4) is 0 Å². The van der Waals surface area contributed by atoms with Crippen LogP contribution in [0, 0.1) is 17.0 Å². The fourth-order valence-electron chi connectivity index (χ4n) is 1.74. The molecule has 2 rings (SSSR count). The third kappa shape index (κ3) is 3.89. The number of aromatic nitrogens is 2. The fraction of sp³-hybridized carbons (Fsp3) is 0.154. The number of rotatable bonds is 5. The third-order valence-electron chi connectivity index (χ3n) is 2.77. The molecule has 0 saturated carbocycles. The predicted octanol–water partition coefficient (Wildman–Crippen LogP) is 1.90. The second-order valence-electron chi connectivity index (χ2n) is 4.36. The molecule has 0 fully saturated rings. The highest BCUT2D eigenvalue weighted by Crippen LogP contribution is 2.13. The van der Waals surface area contributed by atoms with Crippen LogP contribution in [0.1, 0.15) is 11.4 Å². The summed E-state index contributed by atoms with van der Waals surface area (Å²) in [6, 6.07) is 6.93. The van der Waals surface area contributed by atoms with E-state index in [1.807, 2.05) is 0 Å². The lowest BCUT2D eigenvalue weighted by Gasteiger charge is -2.01. The second kappa shape index (κ2) is 6.81. The van der Waals surface area contributed by atoms with E-state index in [4.69, 9.17) is 11.6 Å². The summed E-state index contributed by atoms with van der Waals surface area (Å²) in [5, 5.41) is 15.2. The van der Waals surface area contributed by atoms with Gasteiger partial charge in [0, 0.05) is 11.9 Å². The first-order chi connectivity index (χ1) is 10.5. The number of hydrogen-bond donors (Lipinski definition) is 1. The molecule has 8 nitrogen and oxygen atoms in total. The maximum absolute atomic E-state index is 11.8. The Hall–Kier alpha value is -2.74. The van der Waals surface area contributed by atoms with E-state index in [-0.39, 0.29) is 12.4 Å². The van der Waals surface area contributed by atoms with Gasteiger partial charge in [0.05, 0.1) is 6.21 Å². The van der Waals surface area contributed by atoms with E-state index in [1.54, 1.807) is 31.2 Å². The van der Waals surface area contributed by atoms with Gasteiger partial charge in [0.15, 0.2) is 12.4 Å². The number of carbonyl (C=O) groups is 1. The Kier molecular flexibility index (Phi) is 4.84. The molecule has 0 bridgehead atoms. The summed E-state index contributed by atoms with van der Waals surface area (Å²) in [7, 11) is 0. The number of aryl methyl sites for hydroxylation is 1. The average molecular weight is 322 g/mol. The maximum atomic E-state index is 11.8. The van der Waals surface area contributed by atoms with Crippen molar-refractivity contribution < 1.29 is 9.72 Å². The van der Waals surface area contributed by atoms with Crippen molar-refractivity contribution >= 4 is 29.5 Å². The summed E-state index contributed by atoms with van der Waals surface area (Å²) in [6.45, 7) is 1.34. The lowest BCUT2D eigenvalue weighted by Crippen LogP contribution is -2.24. The Morgan fingerprint density at radius 3 is 3.05 bits per heavy atom. The highest BCUT2D eigenvalue weighted by Gasteiger charge is 2.19. The molecule has 1 amide bonds. The van der Waals surface area contributed by atoms with E-state index < -0.39 is 10.8 Å². The summed E-state index contributed by atoms with van der Waals surface area (Å²) in [4.78, 5) is 25.8. The molecular weight excluding hydrogens is 310 g/mol. The van der Waals surface area contributed by atoms with E-state index in [0.29, 0.717) is 10.8 Å². The summed E-state index contributed by atoms with van der Waals surface area (Å²) in [5.41, 5.74) is 3.02. The van der Waals surface area contributed by atoms with Crippen molar-refractivity contribution in [2.45, 2.75) is 13.5 Å². The van der Waals surface area contributed by atoms with Crippen LogP contribution in [0.2, 0.25) is 5.02 Å². The normalized spacial score (nSPS) is 10.8. The van der Waals surface area contributed by atoms with Gasteiger partial charge in [-0.25, -0.2) is 15.0 Å². The van der Waals surface area contributed by atoms with Gasteiger partial charge in [0.25, 0.3) is 5.91 Å². The van der Waals surface area contributed by atoms with Crippen LogP contribution < -0.4 is 5.43 Å². The Balaban J connectivity index is 1.99. The number of hydrogen-bond acceptors (Lipinski definition) is 5. The molecule has 1 aromatic heterocycles. The van der Waals surface area contributed by atoms with Crippen LogP contribution in [0.5, 0.6) is 0 Å². The number of nitro groups is 1. The minimum absolute atomic E-state index is 0.241. The number of hydrazone groups is 1. The van der Waals surface area contributed by atoms with E-state index in [2.05, 4.69) is 15.5 Å². The number of imidazole rings is 1. The molecule has 0 saturated heterocycles. The standard InChI is InChI=1S/C13H12ClN5O3/c1-9-15-7-13(19(21)22)18(9)8-12(20)17-16-6-10-3-2-4-11(14)5-10/h2-7H,8H2,1H3,(H,17,20)/b16-6-. The number of carbonyl (C=O) groups excluding carboxylic acids is 1. The molecule has 0 aliphatic rings. The first kappa shape index (κ1) is 15.6. The Bertz CT molecular complexity index is 741. The van der Waals surface area contributed by atoms with Crippen molar-refractivity contribution in [2.24, 2.45) is 5.10 Å². The SMILES string of the molecule is Cc1ncc([N+](=O)[O-])n1CC(=O)N/N=C\c1cccc(Cl)c1. The molecule has 0 radical (unpaired) electrons. The zero-order chi connectivity index (χ0) is 16.1. The topological polar surface area (TPSA) is 102 Å². The van der Waals surface area contributed by atoms with Crippen molar-refractivity contribution in [1.29, 1.82) is 0 Å². The highest BCUT2D eigenvalue weighted by atomic mass is 35.5. The molecular formula is C13H12ClN5O3. The molecule has 1 heterocycles. The van der Waals surface area contributed by atoms with Crippen LogP contribution >= 0.6 is 11.6 Å². The number of nitrogens with zero attached hydrogens (tertiary/aromatic N) is 4. The van der Waals surface area contributed by atoms with Gasteiger partial charge in [-0.05, 0) is 22.6 Å². The average Bonchev–Trinajstić information content (AvgIpc) is 2.80. The Labute approximate surface area is 130 Å². The van der Waals surface area contributed by atoms with Gasteiger partial charge < -0.3 is 10.1 Å². The zero-order valence-corrected chi connectivity index (χ0v) is 12.3. The van der Waals surface area contributed by atoms with Gasteiger partial charge >= 0.3 is 5.82 Å². The monoisotopic (exact) mass is 321 g/mol. The van der Waals surface area contributed by atoms with Crippen molar-refractivity contribution in [1.82, 2.24) is 15.0 Å². The van der Waals surface area contributed by atoms with Crippen molar-refractivity contribution in [3.63, 3.8) is 0 Å². The van der Waals surface area contributed by atoms with Gasteiger partial charge in [0.1, 0.15) is 6.20 Å². The minimum atomic E-state index is -0.595. The van der Waals surface area contributed by atoms with Gasteiger partial charge in [-0.3, -0.25) is 4.79 Å². The molecule has 0 spiro atoms. The molecule has 0 aliphatic heterocycles. The summed E-state index contributed by atoms with van der Waals surface area (Å²) < 4.78 is 1.20. The van der Waals surface area contributed by atoms with Crippen molar-refractivity contribution in [3.05, 3.63) is 57.0 Å². The molecule has 2 aromatic rings. The van der Waals surface area contributed by atoms with Gasteiger partial charge in [-0.1, -0.05) is 23.7 Å². The molecule has 22 heavy (non-hydrogen) atoms. The molecule has 9 heteroatoms. The van der Waals surface area contributed by atoms with Crippen LogP contribution in [-0.4, -0.2) is 26.6 Å². The smallest absolute Gasteiger partial charge is 0.343 e. The minimum Gasteiger partial charge on any atom is -0.358 e. The quantitative estimate of drug-likeness (QED) is 0.516. The van der Waals surface area contributed by atoms with Crippen molar-refractivity contribution in [2.75, 3.05) is 0 Å². The van der Waals surface area contributed by atoms with Crippen LogP contribution in [0.4, 0.5) is 5.82 Å². The van der Waals surface area contributed by atoms with E-state index >= 15 is 0 Å². The lowest BCUT2D eigenvalue weighted by atomic mass is 10.2. The van der Waals surface area contributed by atoms with Crippen LogP contribution in [0.25, 0.3) is 0 Å². The Morgan fingerprint density at radius 2 is 2.36 bits per heavy atom. The van der Waals surface area contributed by atoms with E-state index in [0.717, 1.165) is 11.8 Å². The number of amides is 1. The van der Waals surface area contributed by atoms with Gasteiger partial charge in [-0.2, -0.15) is 5.10 Å². The van der Waals surface area contributed by atoms with Gasteiger partial charge in [0.2, 0.25) is 0 Å². The lowest BCUT2D eigenvalue weighted by molar-refractivity contribution is -0.392. The fourth-order valence-corrected chi connectivity index (χ4v) is 1.94. The van der Waals surface area contributed by atoms with Crippen LogP contribution in [0.15, 0.2) is 35.6 Å². The van der Waals surface area contributed by atoms with E-state index in [1.165, 1.54) is 10.8 Å². The summed E-state index contributed by atoms with van der Waals surface area (Å²) in [6.07, 6.45) is 2.54. The van der Waals surface area contributed by atoms with Crippen LogP contribution in [-0.2, 0) is 11.3 Å².